The van der Waals surface area contributed by atoms with Crippen molar-refractivity contribution < 1.29 is 5.11 Å². The van der Waals surface area contributed by atoms with E-state index >= 15 is 0 Å². The van der Waals surface area contributed by atoms with Crippen molar-refractivity contribution in [1.29, 1.82) is 0 Å². The lowest BCUT2D eigenvalue weighted by Gasteiger charge is -2.13. The Morgan fingerprint density at radius 1 is 1.53 bits per heavy atom. The molecule has 0 spiro atoms. The molecule has 0 aromatic carbocycles. The van der Waals surface area contributed by atoms with Crippen LogP contribution in [0.5, 0.6) is 0 Å². The second kappa shape index (κ2) is 5.88. The second-order valence-electron chi connectivity index (χ2n) is 4.06. The summed E-state index contributed by atoms with van der Waals surface area (Å²) in [5.41, 5.74) is 0. The largest absolute Gasteiger partial charge is 0.393 e. The smallest absolute Gasteiger partial charge is 0.125 e. The Balaban J connectivity index is 2.25. The lowest BCUT2D eigenvalue weighted by molar-refractivity contribution is 0.181. The van der Waals surface area contributed by atoms with Crippen LogP contribution in [0.15, 0.2) is 12.4 Å². The molecule has 0 fully saturated rings. The third-order valence-corrected chi connectivity index (χ3v) is 2.49. The van der Waals surface area contributed by atoms with Crippen LogP contribution in [-0.2, 0) is 7.05 Å². The fourth-order valence-electron chi connectivity index (χ4n) is 1.60. The van der Waals surface area contributed by atoms with Crippen LogP contribution in [0.3, 0.4) is 0 Å². The van der Waals surface area contributed by atoms with E-state index in [-0.39, 0.29) is 12.1 Å². The number of rotatable bonds is 6. The molecule has 0 aliphatic carbocycles. The van der Waals surface area contributed by atoms with Gasteiger partial charge in [-0.3, -0.25) is 0 Å². The van der Waals surface area contributed by atoms with Gasteiger partial charge in [0.2, 0.25) is 0 Å². The lowest BCUT2D eigenvalue weighted by atomic mass is 10.2. The molecule has 1 rings (SSSR count). The van der Waals surface area contributed by atoms with Gasteiger partial charge in [-0.1, -0.05) is 0 Å². The minimum absolute atomic E-state index is 0.199. The van der Waals surface area contributed by atoms with Crippen molar-refractivity contribution in [2.45, 2.75) is 38.8 Å². The molecule has 0 bridgehead atoms. The quantitative estimate of drug-likeness (QED) is 0.696. The van der Waals surface area contributed by atoms with Crippen LogP contribution < -0.4 is 5.32 Å². The van der Waals surface area contributed by atoms with Crippen LogP contribution in [0.2, 0.25) is 0 Å². The van der Waals surface area contributed by atoms with Crippen molar-refractivity contribution in [3.05, 3.63) is 18.2 Å². The minimum Gasteiger partial charge on any atom is -0.393 e. The summed E-state index contributed by atoms with van der Waals surface area (Å²) in [7, 11) is 2.00. The van der Waals surface area contributed by atoms with Gasteiger partial charge in [-0.25, -0.2) is 4.98 Å². The average Bonchev–Trinajstić information content (AvgIpc) is 2.58. The van der Waals surface area contributed by atoms with Gasteiger partial charge < -0.3 is 15.0 Å². The highest BCUT2D eigenvalue weighted by Gasteiger charge is 2.08. The Morgan fingerprint density at radius 2 is 2.27 bits per heavy atom. The average molecular weight is 211 g/mol. The predicted molar refractivity (Wildman–Crippen MR) is 60.5 cm³/mol. The molecule has 0 radical (unpaired) electrons. The van der Waals surface area contributed by atoms with E-state index in [1.807, 2.05) is 30.9 Å². The topological polar surface area (TPSA) is 50.1 Å². The Labute approximate surface area is 91.3 Å². The molecule has 0 aliphatic rings. The maximum absolute atomic E-state index is 9.10. The maximum Gasteiger partial charge on any atom is 0.125 e. The van der Waals surface area contributed by atoms with Crippen molar-refractivity contribution in [3.8, 4) is 0 Å². The highest BCUT2D eigenvalue weighted by atomic mass is 16.3. The van der Waals surface area contributed by atoms with Gasteiger partial charge in [0, 0.05) is 19.4 Å². The van der Waals surface area contributed by atoms with Crippen LogP contribution in [0.4, 0.5) is 0 Å². The summed E-state index contributed by atoms with van der Waals surface area (Å²) >= 11 is 0. The van der Waals surface area contributed by atoms with E-state index in [1.54, 1.807) is 0 Å². The molecule has 15 heavy (non-hydrogen) atoms. The molecule has 0 saturated heterocycles. The first kappa shape index (κ1) is 12.2. The first-order valence-electron chi connectivity index (χ1n) is 5.50. The number of aryl methyl sites for hydroxylation is 1. The summed E-state index contributed by atoms with van der Waals surface area (Å²) in [6.45, 7) is 4.84. The van der Waals surface area contributed by atoms with Crippen molar-refractivity contribution in [3.63, 3.8) is 0 Å². The van der Waals surface area contributed by atoms with Crippen LogP contribution >= 0.6 is 0 Å². The fraction of sp³-hybridized carbons (Fsp3) is 0.727. The van der Waals surface area contributed by atoms with Gasteiger partial charge in [0.25, 0.3) is 0 Å². The second-order valence-corrected chi connectivity index (χ2v) is 4.06. The maximum atomic E-state index is 9.10. The van der Waals surface area contributed by atoms with Gasteiger partial charge in [0.1, 0.15) is 5.82 Å². The molecular weight excluding hydrogens is 190 g/mol. The highest BCUT2D eigenvalue weighted by Crippen LogP contribution is 2.08. The summed E-state index contributed by atoms with van der Waals surface area (Å²) in [5, 5.41) is 12.5. The number of aliphatic hydroxyl groups is 1. The van der Waals surface area contributed by atoms with E-state index in [0.717, 1.165) is 25.2 Å². The van der Waals surface area contributed by atoms with Crippen LogP contribution in [0.1, 0.15) is 38.6 Å². The summed E-state index contributed by atoms with van der Waals surface area (Å²) in [5.74, 6) is 1.05. The van der Waals surface area contributed by atoms with Crippen LogP contribution in [0, 0.1) is 0 Å². The minimum atomic E-state index is -0.199. The molecule has 1 aromatic heterocycles. The molecule has 2 unspecified atom stereocenters. The number of imidazole rings is 1. The zero-order valence-corrected chi connectivity index (χ0v) is 9.77. The van der Waals surface area contributed by atoms with Gasteiger partial charge in [0.05, 0.1) is 12.1 Å². The van der Waals surface area contributed by atoms with Gasteiger partial charge >= 0.3 is 0 Å². The molecule has 2 atom stereocenters. The standard InChI is InChI=1S/C11H21N3O/c1-9(15)5-4-6-12-10(2)11-13-7-8-14(11)3/h7-10,12,15H,4-6H2,1-3H3. The fourth-order valence-corrected chi connectivity index (χ4v) is 1.60. The number of nitrogens with zero attached hydrogens (tertiary/aromatic N) is 2. The Hall–Kier alpha value is -0.870. The Morgan fingerprint density at radius 3 is 2.80 bits per heavy atom. The first-order valence-corrected chi connectivity index (χ1v) is 5.50. The number of hydrogen-bond acceptors (Lipinski definition) is 3. The number of aromatic nitrogens is 2. The Kier molecular flexibility index (Phi) is 4.78. The van der Waals surface area contributed by atoms with E-state index in [9.17, 15) is 0 Å². The summed E-state index contributed by atoms with van der Waals surface area (Å²) in [6, 6.07) is 0.263. The van der Waals surface area contributed by atoms with Gasteiger partial charge in [-0.2, -0.15) is 0 Å². The number of aliphatic hydroxyl groups excluding tert-OH is 1. The molecule has 0 aliphatic heterocycles. The normalized spacial score (nSPS) is 15.2. The predicted octanol–water partition coefficient (Wildman–Crippen LogP) is 1.23. The molecule has 1 aromatic rings. The first-order chi connectivity index (χ1) is 7.11. The van der Waals surface area contributed by atoms with E-state index < -0.39 is 0 Å². The molecule has 1 heterocycles. The molecule has 0 amide bonds. The van der Waals surface area contributed by atoms with E-state index in [2.05, 4.69) is 17.2 Å². The molecule has 4 heteroatoms. The van der Waals surface area contributed by atoms with Gasteiger partial charge in [0.15, 0.2) is 0 Å². The van der Waals surface area contributed by atoms with Gasteiger partial charge in [-0.15, -0.1) is 0 Å². The van der Waals surface area contributed by atoms with Crippen LogP contribution in [0.25, 0.3) is 0 Å². The monoisotopic (exact) mass is 211 g/mol. The molecule has 4 nitrogen and oxygen atoms in total. The zero-order chi connectivity index (χ0) is 11.3. The third kappa shape index (κ3) is 4.01. The third-order valence-electron chi connectivity index (χ3n) is 2.49. The SMILES string of the molecule is CC(O)CCCNC(C)c1nccn1C. The van der Waals surface area contributed by atoms with E-state index in [1.165, 1.54) is 0 Å². The number of hydrogen-bond donors (Lipinski definition) is 2. The summed E-state index contributed by atoms with van der Waals surface area (Å²) in [6.07, 6.45) is 5.40. The molecule has 0 saturated carbocycles. The van der Waals surface area contributed by atoms with Crippen molar-refractivity contribution in [2.75, 3.05) is 6.54 Å². The highest BCUT2D eigenvalue weighted by molar-refractivity contribution is 4.96. The zero-order valence-electron chi connectivity index (χ0n) is 9.77. The van der Waals surface area contributed by atoms with Crippen LogP contribution in [-0.4, -0.2) is 27.3 Å². The van der Waals surface area contributed by atoms with E-state index in [4.69, 9.17) is 5.11 Å². The summed E-state index contributed by atoms with van der Waals surface area (Å²) < 4.78 is 2.02. The number of nitrogens with one attached hydrogen (secondary N) is 1. The van der Waals surface area contributed by atoms with Crippen molar-refractivity contribution >= 4 is 0 Å². The molecular formula is C11H21N3O. The van der Waals surface area contributed by atoms with Gasteiger partial charge in [-0.05, 0) is 33.2 Å². The van der Waals surface area contributed by atoms with E-state index in [0.29, 0.717) is 0 Å². The Bertz CT molecular complexity index is 283. The lowest BCUT2D eigenvalue weighted by Crippen LogP contribution is -2.23. The molecule has 2 N–H and O–H groups in total. The van der Waals surface area contributed by atoms with Crippen molar-refractivity contribution in [2.24, 2.45) is 7.05 Å². The van der Waals surface area contributed by atoms with Crippen molar-refractivity contribution in [1.82, 2.24) is 14.9 Å². The summed E-state index contributed by atoms with van der Waals surface area (Å²) in [4.78, 5) is 4.28. The molecule has 86 valence electrons.